The summed E-state index contributed by atoms with van der Waals surface area (Å²) in [5.74, 6) is -0.828. The Labute approximate surface area is 284 Å². The number of aliphatic hydroxyl groups excluding tert-OH is 1. The number of nitrogens with one attached hydrogen (secondary N) is 1. The molecule has 0 radical (unpaired) electrons. The summed E-state index contributed by atoms with van der Waals surface area (Å²) < 4.78 is 11.2. The molecule has 0 aromatic rings. The first-order chi connectivity index (χ1) is 22.5. The van der Waals surface area contributed by atoms with E-state index >= 15 is 0 Å². The van der Waals surface area contributed by atoms with Gasteiger partial charge in [-0.3, -0.25) is 14.4 Å². The number of amides is 1. The highest BCUT2D eigenvalue weighted by Crippen LogP contribution is 2.16. The molecule has 2 atom stereocenters. The van der Waals surface area contributed by atoms with Crippen molar-refractivity contribution >= 4 is 17.8 Å². The number of esters is 2. The average molecular weight is 654 g/mol. The molecule has 0 aliphatic heterocycles. The van der Waals surface area contributed by atoms with Crippen LogP contribution >= 0.6 is 0 Å². The molecule has 0 aromatic carbocycles. The molecule has 0 saturated carbocycles. The summed E-state index contributed by atoms with van der Waals surface area (Å²) in [6.07, 6.45) is 30.5. The Hall–Kier alpha value is -1.63. The molecule has 272 valence electrons. The molecule has 0 spiro atoms. The Morgan fingerprint density at radius 1 is 0.543 bits per heavy atom. The van der Waals surface area contributed by atoms with Crippen LogP contribution in [0.1, 0.15) is 207 Å². The van der Waals surface area contributed by atoms with Gasteiger partial charge in [0.1, 0.15) is 12.7 Å². The van der Waals surface area contributed by atoms with E-state index in [2.05, 4.69) is 26.1 Å². The fourth-order valence-electron chi connectivity index (χ4n) is 5.83. The van der Waals surface area contributed by atoms with E-state index in [1.54, 1.807) is 0 Å². The Bertz CT molecular complexity index is 700. The van der Waals surface area contributed by atoms with Crippen molar-refractivity contribution < 1.29 is 29.0 Å². The van der Waals surface area contributed by atoms with Crippen LogP contribution in [0.5, 0.6) is 0 Å². The van der Waals surface area contributed by atoms with Crippen molar-refractivity contribution in [1.29, 1.82) is 0 Å². The molecular formula is C39H75NO6. The number of carbonyl (C=O) groups excluding carboxylic acids is 3. The SMILES string of the molecule is CCCCCCCCCCCCCC(=O)N[C@H](CO)COC(=O)C[C@@H](CCCCCCC)OC(=O)CCCCCCCCCCC. The summed E-state index contributed by atoms with van der Waals surface area (Å²) in [6.45, 7) is 6.26. The second-order valence-corrected chi connectivity index (χ2v) is 13.5. The highest BCUT2D eigenvalue weighted by atomic mass is 16.6. The molecule has 2 N–H and O–H groups in total. The molecule has 0 rings (SSSR count). The van der Waals surface area contributed by atoms with Gasteiger partial charge in [0.25, 0.3) is 0 Å². The molecule has 0 aliphatic carbocycles. The van der Waals surface area contributed by atoms with E-state index in [9.17, 15) is 19.5 Å². The first-order valence-electron chi connectivity index (χ1n) is 19.7. The predicted molar refractivity (Wildman–Crippen MR) is 191 cm³/mol. The van der Waals surface area contributed by atoms with Gasteiger partial charge in [0.2, 0.25) is 5.91 Å². The Morgan fingerprint density at radius 2 is 0.957 bits per heavy atom. The summed E-state index contributed by atoms with van der Waals surface area (Å²) in [6, 6.07) is -0.633. The second kappa shape index (κ2) is 34.7. The van der Waals surface area contributed by atoms with Gasteiger partial charge in [-0.25, -0.2) is 0 Å². The van der Waals surface area contributed by atoms with Crippen LogP contribution in [0.4, 0.5) is 0 Å². The van der Waals surface area contributed by atoms with Crippen molar-refractivity contribution in [3.63, 3.8) is 0 Å². The highest BCUT2D eigenvalue weighted by molar-refractivity contribution is 5.76. The molecule has 7 nitrogen and oxygen atoms in total. The van der Waals surface area contributed by atoms with Crippen LogP contribution in [-0.2, 0) is 23.9 Å². The molecular weight excluding hydrogens is 578 g/mol. The molecule has 0 unspecified atom stereocenters. The van der Waals surface area contributed by atoms with Gasteiger partial charge in [-0.05, 0) is 25.7 Å². The van der Waals surface area contributed by atoms with Gasteiger partial charge in [-0.1, -0.05) is 162 Å². The smallest absolute Gasteiger partial charge is 0.309 e. The number of ether oxygens (including phenoxy) is 2. The minimum atomic E-state index is -0.633. The highest BCUT2D eigenvalue weighted by Gasteiger charge is 2.21. The quantitative estimate of drug-likeness (QED) is 0.0521. The number of aliphatic hydroxyl groups is 1. The Balaban J connectivity index is 4.31. The zero-order valence-corrected chi connectivity index (χ0v) is 30.6. The van der Waals surface area contributed by atoms with Crippen molar-refractivity contribution in [2.45, 2.75) is 219 Å². The summed E-state index contributed by atoms with van der Waals surface area (Å²) in [5, 5.41) is 12.5. The van der Waals surface area contributed by atoms with Gasteiger partial charge >= 0.3 is 11.9 Å². The van der Waals surface area contributed by atoms with Crippen LogP contribution in [0.25, 0.3) is 0 Å². The average Bonchev–Trinajstić information content (AvgIpc) is 3.04. The number of hydrogen-bond donors (Lipinski definition) is 2. The van der Waals surface area contributed by atoms with Gasteiger partial charge in [-0.15, -0.1) is 0 Å². The van der Waals surface area contributed by atoms with Crippen molar-refractivity contribution in [3.8, 4) is 0 Å². The summed E-state index contributed by atoms with van der Waals surface area (Å²) in [5.41, 5.74) is 0. The van der Waals surface area contributed by atoms with E-state index in [0.717, 1.165) is 64.2 Å². The van der Waals surface area contributed by atoms with Crippen molar-refractivity contribution in [2.24, 2.45) is 0 Å². The first-order valence-corrected chi connectivity index (χ1v) is 19.7. The molecule has 0 bridgehead atoms. The monoisotopic (exact) mass is 654 g/mol. The van der Waals surface area contributed by atoms with E-state index < -0.39 is 18.1 Å². The van der Waals surface area contributed by atoms with Gasteiger partial charge in [0, 0.05) is 12.8 Å². The predicted octanol–water partition coefficient (Wildman–Crippen LogP) is 10.3. The number of hydrogen-bond acceptors (Lipinski definition) is 6. The van der Waals surface area contributed by atoms with Crippen LogP contribution in [0.15, 0.2) is 0 Å². The van der Waals surface area contributed by atoms with Gasteiger partial charge < -0.3 is 19.9 Å². The normalized spacial score (nSPS) is 12.5. The summed E-state index contributed by atoms with van der Waals surface area (Å²) in [7, 11) is 0. The lowest BCUT2D eigenvalue weighted by Gasteiger charge is -2.19. The van der Waals surface area contributed by atoms with Crippen LogP contribution < -0.4 is 5.32 Å². The van der Waals surface area contributed by atoms with Crippen LogP contribution in [0, 0.1) is 0 Å². The lowest BCUT2D eigenvalue weighted by atomic mass is 10.1. The lowest BCUT2D eigenvalue weighted by Crippen LogP contribution is -2.41. The second-order valence-electron chi connectivity index (χ2n) is 13.5. The minimum Gasteiger partial charge on any atom is -0.463 e. The van der Waals surface area contributed by atoms with Crippen molar-refractivity contribution in [2.75, 3.05) is 13.2 Å². The summed E-state index contributed by atoms with van der Waals surface area (Å²) >= 11 is 0. The van der Waals surface area contributed by atoms with Crippen LogP contribution in [-0.4, -0.2) is 48.3 Å². The van der Waals surface area contributed by atoms with Crippen LogP contribution in [0.3, 0.4) is 0 Å². The number of carbonyl (C=O) groups is 3. The molecule has 0 fully saturated rings. The van der Waals surface area contributed by atoms with E-state index in [1.165, 1.54) is 96.3 Å². The fraction of sp³-hybridized carbons (Fsp3) is 0.923. The van der Waals surface area contributed by atoms with Crippen molar-refractivity contribution in [3.05, 3.63) is 0 Å². The van der Waals surface area contributed by atoms with E-state index in [1.807, 2.05) is 0 Å². The first kappa shape index (κ1) is 44.4. The van der Waals surface area contributed by atoms with Gasteiger partial charge in [0.05, 0.1) is 19.1 Å². The van der Waals surface area contributed by atoms with E-state index in [4.69, 9.17) is 9.47 Å². The zero-order valence-electron chi connectivity index (χ0n) is 30.6. The molecule has 0 aromatic heterocycles. The maximum absolute atomic E-state index is 12.7. The maximum atomic E-state index is 12.7. The number of unbranched alkanes of at least 4 members (excludes halogenated alkanes) is 22. The molecule has 7 heteroatoms. The molecule has 1 amide bonds. The van der Waals surface area contributed by atoms with Crippen LogP contribution in [0.2, 0.25) is 0 Å². The van der Waals surface area contributed by atoms with Gasteiger partial charge in [0.15, 0.2) is 0 Å². The third-order valence-corrected chi connectivity index (χ3v) is 8.84. The molecule has 0 saturated heterocycles. The summed E-state index contributed by atoms with van der Waals surface area (Å²) in [4.78, 5) is 37.6. The number of rotatable bonds is 35. The zero-order chi connectivity index (χ0) is 33.9. The van der Waals surface area contributed by atoms with E-state index in [0.29, 0.717) is 19.3 Å². The molecule has 46 heavy (non-hydrogen) atoms. The Kier molecular flexibility index (Phi) is 33.5. The largest absolute Gasteiger partial charge is 0.463 e. The third kappa shape index (κ3) is 31.0. The lowest BCUT2D eigenvalue weighted by molar-refractivity contribution is -0.156. The van der Waals surface area contributed by atoms with Crippen molar-refractivity contribution in [1.82, 2.24) is 5.32 Å². The minimum absolute atomic E-state index is 0.00210. The standard InChI is InChI=1S/C39H75NO6/c1-4-7-10-13-15-17-18-20-21-24-27-30-37(42)40-35(33-41)34-45-39(44)32-36(29-26-23-12-9-6-3)46-38(43)31-28-25-22-19-16-14-11-8-5-2/h35-36,41H,4-34H2,1-3H3,(H,40,42)/t35-,36-/m1/s1. The third-order valence-electron chi connectivity index (χ3n) is 8.84. The molecule has 0 heterocycles. The topological polar surface area (TPSA) is 102 Å². The maximum Gasteiger partial charge on any atom is 0.309 e. The molecule has 0 aliphatic rings. The fourth-order valence-corrected chi connectivity index (χ4v) is 5.83. The van der Waals surface area contributed by atoms with Gasteiger partial charge in [-0.2, -0.15) is 0 Å². The Morgan fingerprint density at radius 3 is 1.41 bits per heavy atom. The van der Waals surface area contributed by atoms with E-state index in [-0.39, 0.29) is 31.5 Å².